The lowest BCUT2D eigenvalue weighted by Gasteiger charge is -2.43. The van der Waals surface area contributed by atoms with E-state index in [1.807, 2.05) is 12.1 Å². The highest BCUT2D eigenvalue weighted by Crippen LogP contribution is 2.42. The number of para-hydroxylation sites is 1. The van der Waals surface area contributed by atoms with Crippen molar-refractivity contribution < 1.29 is 9.53 Å². The highest BCUT2D eigenvalue weighted by Gasteiger charge is 2.38. The Bertz CT molecular complexity index is 501. The van der Waals surface area contributed by atoms with Crippen LogP contribution in [0.15, 0.2) is 18.2 Å². The molecule has 0 spiro atoms. The lowest BCUT2D eigenvalue weighted by molar-refractivity contribution is -0.118. The first-order valence-corrected chi connectivity index (χ1v) is 6.99. The summed E-state index contributed by atoms with van der Waals surface area (Å²) in [6, 6.07) is 5.92. The summed E-state index contributed by atoms with van der Waals surface area (Å²) in [5.41, 5.74) is 1.92. The van der Waals surface area contributed by atoms with Gasteiger partial charge in [-0.25, -0.2) is 0 Å². The molecular weight excluding hydrogens is 240 g/mol. The summed E-state index contributed by atoms with van der Waals surface area (Å²) in [6.45, 7) is 3.16. The van der Waals surface area contributed by atoms with Gasteiger partial charge in [0.05, 0.1) is 12.8 Å². The number of rotatable bonds is 2. The number of anilines is 2. The van der Waals surface area contributed by atoms with Gasteiger partial charge in [0.25, 0.3) is 0 Å². The van der Waals surface area contributed by atoms with Crippen molar-refractivity contribution in [3.63, 3.8) is 0 Å². The first-order chi connectivity index (χ1) is 9.24. The Labute approximate surface area is 113 Å². The predicted molar refractivity (Wildman–Crippen MR) is 75.8 cm³/mol. The van der Waals surface area contributed by atoms with Crippen LogP contribution in [-0.2, 0) is 4.79 Å². The van der Waals surface area contributed by atoms with Gasteiger partial charge >= 0.3 is 0 Å². The largest absolute Gasteiger partial charge is 0.494 e. The lowest BCUT2D eigenvalue weighted by Crippen LogP contribution is -2.52. The molecule has 2 aliphatic rings. The third-order valence-electron chi connectivity index (χ3n) is 4.37. The summed E-state index contributed by atoms with van der Waals surface area (Å²) in [5.74, 6) is 1.51. The topological polar surface area (TPSA) is 41.6 Å². The van der Waals surface area contributed by atoms with E-state index < -0.39 is 0 Å². The molecule has 1 N–H and O–H groups in total. The van der Waals surface area contributed by atoms with E-state index in [0.29, 0.717) is 5.92 Å². The monoisotopic (exact) mass is 260 g/mol. The number of carbonyl (C=O) groups is 1. The minimum Gasteiger partial charge on any atom is -0.494 e. The number of hydrogen-bond acceptors (Lipinski definition) is 3. The number of fused-ring (bicyclic) bond motifs is 3. The molecule has 2 unspecified atom stereocenters. The van der Waals surface area contributed by atoms with Gasteiger partial charge in [0.15, 0.2) is 0 Å². The maximum Gasteiger partial charge on any atom is 0.247 e. The Kier molecular flexibility index (Phi) is 3.09. The molecule has 1 fully saturated rings. The third-order valence-corrected chi connectivity index (χ3v) is 4.37. The third kappa shape index (κ3) is 1.95. The van der Waals surface area contributed by atoms with Gasteiger partial charge in [0, 0.05) is 6.54 Å². The molecule has 2 heterocycles. The van der Waals surface area contributed by atoms with Crippen LogP contribution < -0.4 is 15.0 Å². The molecule has 3 rings (SSSR count). The van der Waals surface area contributed by atoms with Crippen LogP contribution in [0.25, 0.3) is 0 Å². The van der Waals surface area contributed by atoms with Crippen molar-refractivity contribution in [3.8, 4) is 5.75 Å². The zero-order valence-corrected chi connectivity index (χ0v) is 11.5. The van der Waals surface area contributed by atoms with Crippen LogP contribution in [-0.4, -0.2) is 25.6 Å². The van der Waals surface area contributed by atoms with E-state index in [-0.39, 0.29) is 11.9 Å². The summed E-state index contributed by atoms with van der Waals surface area (Å²) in [5, 5.41) is 3.02. The first kappa shape index (κ1) is 12.3. The Morgan fingerprint density at radius 1 is 1.47 bits per heavy atom. The average molecular weight is 260 g/mol. The molecule has 2 aliphatic heterocycles. The molecule has 0 bridgehead atoms. The molecule has 0 radical (unpaired) electrons. The molecule has 0 saturated carbocycles. The van der Waals surface area contributed by atoms with Crippen molar-refractivity contribution in [2.24, 2.45) is 5.92 Å². The first-order valence-electron chi connectivity index (χ1n) is 6.99. The second kappa shape index (κ2) is 4.76. The van der Waals surface area contributed by atoms with Crippen molar-refractivity contribution in [2.75, 3.05) is 23.9 Å². The molecule has 1 saturated heterocycles. The number of nitrogens with zero attached hydrogens (tertiary/aromatic N) is 1. The van der Waals surface area contributed by atoms with Gasteiger partial charge in [0.2, 0.25) is 5.91 Å². The quantitative estimate of drug-likeness (QED) is 0.888. The van der Waals surface area contributed by atoms with E-state index >= 15 is 0 Å². The van der Waals surface area contributed by atoms with Crippen LogP contribution in [0.4, 0.5) is 11.4 Å². The number of carbonyl (C=O) groups excluding carboxylic acids is 1. The molecule has 1 aromatic carbocycles. The Morgan fingerprint density at radius 3 is 3.05 bits per heavy atom. The lowest BCUT2D eigenvalue weighted by atomic mass is 9.87. The van der Waals surface area contributed by atoms with E-state index in [2.05, 4.69) is 23.2 Å². The summed E-state index contributed by atoms with van der Waals surface area (Å²) < 4.78 is 5.34. The second-order valence-corrected chi connectivity index (χ2v) is 5.35. The fourth-order valence-corrected chi connectivity index (χ4v) is 3.21. The maximum absolute atomic E-state index is 12.3. The minimum atomic E-state index is -0.0155. The molecule has 1 amide bonds. The van der Waals surface area contributed by atoms with Crippen LogP contribution >= 0.6 is 0 Å². The normalized spacial score (nSPS) is 25.4. The standard InChI is InChI=1S/C15H20N2O2/c1-3-10-7-8-17-11-5-4-6-13(19-2)14(11)16-15(18)12(17)9-10/h4-6,10,12H,3,7-9H2,1-2H3,(H,16,18). The zero-order valence-electron chi connectivity index (χ0n) is 11.5. The van der Waals surface area contributed by atoms with Gasteiger partial charge < -0.3 is 15.0 Å². The molecule has 102 valence electrons. The molecule has 4 heteroatoms. The molecular formula is C15H20N2O2. The van der Waals surface area contributed by atoms with Gasteiger partial charge in [-0.1, -0.05) is 19.4 Å². The van der Waals surface area contributed by atoms with E-state index in [9.17, 15) is 4.79 Å². The van der Waals surface area contributed by atoms with Gasteiger partial charge in [-0.05, 0) is 30.9 Å². The van der Waals surface area contributed by atoms with Crippen molar-refractivity contribution in [2.45, 2.75) is 32.2 Å². The van der Waals surface area contributed by atoms with Crippen molar-refractivity contribution in [1.82, 2.24) is 0 Å². The molecule has 4 nitrogen and oxygen atoms in total. The van der Waals surface area contributed by atoms with Crippen LogP contribution in [0.3, 0.4) is 0 Å². The summed E-state index contributed by atoms with van der Waals surface area (Å²) >= 11 is 0. The van der Waals surface area contributed by atoms with Gasteiger partial charge in [-0.3, -0.25) is 4.79 Å². The van der Waals surface area contributed by atoms with Crippen LogP contribution in [0.1, 0.15) is 26.2 Å². The maximum atomic E-state index is 12.3. The Morgan fingerprint density at radius 2 is 2.32 bits per heavy atom. The van der Waals surface area contributed by atoms with E-state index in [0.717, 1.165) is 42.9 Å². The van der Waals surface area contributed by atoms with Crippen molar-refractivity contribution in [1.29, 1.82) is 0 Å². The van der Waals surface area contributed by atoms with Gasteiger partial charge in [0.1, 0.15) is 17.5 Å². The zero-order chi connectivity index (χ0) is 13.4. The second-order valence-electron chi connectivity index (χ2n) is 5.35. The van der Waals surface area contributed by atoms with E-state index in [1.54, 1.807) is 7.11 Å². The summed E-state index contributed by atoms with van der Waals surface area (Å²) in [6.07, 6.45) is 3.28. The fraction of sp³-hybridized carbons (Fsp3) is 0.533. The van der Waals surface area contributed by atoms with Crippen molar-refractivity contribution in [3.05, 3.63) is 18.2 Å². The Balaban J connectivity index is 1.98. The van der Waals surface area contributed by atoms with Crippen molar-refractivity contribution >= 4 is 17.3 Å². The fourth-order valence-electron chi connectivity index (χ4n) is 3.21. The van der Waals surface area contributed by atoms with E-state index in [4.69, 9.17) is 4.74 Å². The number of nitrogens with one attached hydrogen (secondary N) is 1. The number of hydrogen-bond donors (Lipinski definition) is 1. The number of ether oxygens (including phenoxy) is 1. The minimum absolute atomic E-state index is 0.0155. The molecule has 1 aromatic rings. The summed E-state index contributed by atoms with van der Waals surface area (Å²) in [4.78, 5) is 14.6. The van der Waals surface area contributed by atoms with Crippen LogP contribution in [0.2, 0.25) is 0 Å². The molecule has 0 aromatic heterocycles. The van der Waals surface area contributed by atoms with Gasteiger partial charge in [-0.2, -0.15) is 0 Å². The highest BCUT2D eigenvalue weighted by atomic mass is 16.5. The molecule has 0 aliphatic carbocycles. The number of amides is 1. The molecule has 2 atom stereocenters. The van der Waals surface area contributed by atoms with Gasteiger partial charge in [-0.15, -0.1) is 0 Å². The highest BCUT2D eigenvalue weighted by molar-refractivity contribution is 6.05. The molecule has 19 heavy (non-hydrogen) atoms. The Hall–Kier alpha value is -1.71. The number of benzene rings is 1. The predicted octanol–water partition coefficient (Wildman–Crippen LogP) is 2.64. The smallest absolute Gasteiger partial charge is 0.247 e. The van der Waals surface area contributed by atoms with Crippen LogP contribution in [0, 0.1) is 5.92 Å². The van der Waals surface area contributed by atoms with E-state index in [1.165, 1.54) is 0 Å². The number of methoxy groups -OCH3 is 1. The SMILES string of the molecule is CCC1CCN2c3cccc(OC)c3NC(=O)C2C1. The number of piperidine rings is 1. The van der Waals surface area contributed by atoms with Crippen LogP contribution in [0.5, 0.6) is 5.75 Å². The summed E-state index contributed by atoms with van der Waals surface area (Å²) in [7, 11) is 1.64. The average Bonchev–Trinajstić information content (AvgIpc) is 2.46.